The molecule has 0 amide bonds. The van der Waals surface area contributed by atoms with Crippen molar-refractivity contribution < 1.29 is 0 Å². The van der Waals surface area contributed by atoms with Crippen molar-refractivity contribution in [3.05, 3.63) is 216 Å². The molecule has 0 aromatic heterocycles. The molecule has 2 aliphatic rings. The molecule has 0 aliphatic heterocycles. The van der Waals surface area contributed by atoms with Crippen LogP contribution < -0.4 is 0 Å². The van der Waals surface area contributed by atoms with E-state index < -0.39 is 0 Å². The highest BCUT2D eigenvalue weighted by Crippen LogP contribution is 2.57. The maximum atomic E-state index is 4.75. The quantitative estimate of drug-likeness (QED) is 0.175. The van der Waals surface area contributed by atoms with Crippen molar-refractivity contribution in [1.82, 2.24) is 0 Å². The first-order chi connectivity index (χ1) is 24.6. The van der Waals surface area contributed by atoms with Crippen LogP contribution in [-0.2, 0) is 0 Å². The monoisotopic (exact) mass is 656 g/mol. The minimum absolute atomic E-state index is 0.166. The zero-order valence-electron chi connectivity index (χ0n) is 27.9. The van der Waals surface area contributed by atoms with Gasteiger partial charge in [0.05, 0.1) is 0 Å². The topological polar surface area (TPSA) is 0 Å². The summed E-state index contributed by atoms with van der Waals surface area (Å²) >= 11 is 4.75. The Balaban J connectivity index is 1.27. The van der Waals surface area contributed by atoms with E-state index in [1.807, 2.05) is 0 Å². The lowest BCUT2D eigenvalue weighted by molar-refractivity contribution is 0.448. The fourth-order valence-corrected chi connectivity index (χ4v) is 8.56. The number of allylic oxidation sites excluding steroid dienone is 5. The first kappa shape index (κ1) is 30.4. The minimum atomic E-state index is -0.233. The summed E-state index contributed by atoms with van der Waals surface area (Å²) in [7, 11) is 0. The standard InChI is InChI=1S/C49H36S/c1-49-27-11-10-24-46(49)47(43-21-8-9-22-44(43)48(49)37-19-12-20-41(50)31-37)36-26-25-35-18-13-23-42(45(35)32-36)40-29-38(33-14-4-2-5-15-33)28-39(30-40)34-16-6-3-7-17-34/h2-32,48,50H,1H3. The van der Waals surface area contributed by atoms with Gasteiger partial charge in [0.15, 0.2) is 0 Å². The van der Waals surface area contributed by atoms with Crippen LogP contribution in [0.15, 0.2) is 199 Å². The minimum Gasteiger partial charge on any atom is -0.143 e. The molecule has 0 saturated carbocycles. The molecule has 50 heavy (non-hydrogen) atoms. The molecule has 2 atom stereocenters. The molecule has 9 rings (SSSR count). The van der Waals surface area contributed by atoms with Crippen molar-refractivity contribution >= 4 is 29.0 Å². The third kappa shape index (κ3) is 5.18. The molecule has 2 aliphatic carbocycles. The number of fused-ring (bicyclic) bond motifs is 3. The van der Waals surface area contributed by atoms with Crippen molar-refractivity contribution in [1.29, 1.82) is 0 Å². The van der Waals surface area contributed by atoms with Gasteiger partial charge in [-0.2, -0.15) is 0 Å². The van der Waals surface area contributed by atoms with E-state index in [1.54, 1.807) is 0 Å². The van der Waals surface area contributed by atoms with Crippen LogP contribution in [0.25, 0.3) is 49.7 Å². The van der Waals surface area contributed by atoms with Crippen molar-refractivity contribution in [2.75, 3.05) is 0 Å². The van der Waals surface area contributed by atoms with Gasteiger partial charge in [-0.1, -0.05) is 159 Å². The van der Waals surface area contributed by atoms with E-state index in [9.17, 15) is 0 Å². The largest absolute Gasteiger partial charge is 0.143 e. The van der Waals surface area contributed by atoms with Crippen LogP contribution in [0.5, 0.6) is 0 Å². The van der Waals surface area contributed by atoms with Crippen molar-refractivity contribution in [3.8, 4) is 33.4 Å². The fraction of sp³-hybridized carbons (Fsp3) is 0.0612. The summed E-state index contributed by atoms with van der Waals surface area (Å²) in [6, 6.07) is 59.9. The molecule has 2 unspecified atom stereocenters. The lowest BCUT2D eigenvalue weighted by Crippen LogP contribution is -2.32. The predicted molar refractivity (Wildman–Crippen MR) is 215 cm³/mol. The van der Waals surface area contributed by atoms with E-state index in [0.29, 0.717) is 0 Å². The first-order valence-corrected chi connectivity index (χ1v) is 17.8. The lowest BCUT2D eigenvalue weighted by Gasteiger charge is -2.45. The van der Waals surface area contributed by atoms with Gasteiger partial charge in [-0.15, -0.1) is 12.6 Å². The molecule has 0 N–H and O–H groups in total. The molecule has 0 radical (unpaired) electrons. The van der Waals surface area contributed by atoms with Gasteiger partial charge in [0.1, 0.15) is 0 Å². The second-order valence-corrected chi connectivity index (χ2v) is 14.2. The van der Waals surface area contributed by atoms with E-state index in [-0.39, 0.29) is 11.3 Å². The summed E-state index contributed by atoms with van der Waals surface area (Å²) in [6.45, 7) is 2.40. The van der Waals surface area contributed by atoms with Gasteiger partial charge in [0.25, 0.3) is 0 Å². The Bertz CT molecular complexity index is 2440. The van der Waals surface area contributed by atoms with Gasteiger partial charge in [-0.05, 0) is 114 Å². The average molecular weight is 657 g/mol. The highest BCUT2D eigenvalue weighted by atomic mass is 32.1. The summed E-state index contributed by atoms with van der Waals surface area (Å²) in [4.78, 5) is 0.990. The Labute approximate surface area is 300 Å². The van der Waals surface area contributed by atoms with Gasteiger partial charge < -0.3 is 0 Å². The van der Waals surface area contributed by atoms with Crippen LogP contribution in [0.1, 0.15) is 35.1 Å². The molecular formula is C49H36S. The van der Waals surface area contributed by atoms with Crippen molar-refractivity contribution in [2.24, 2.45) is 5.41 Å². The van der Waals surface area contributed by atoms with E-state index in [1.165, 1.54) is 77.6 Å². The second-order valence-electron chi connectivity index (χ2n) is 13.7. The Morgan fingerprint density at radius 1 is 0.500 bits per heavy atom. The molecule has 7 aromatic rings. The van der Waals surface area contributed by atoms with E-state index in [2.05, 4.69) is 195 Å². The Morgan fingerprint density at radius 3 is 1.90 bits per heavy atom. The third-order valence-corrected chi connectivity index (χ3v) is 10.9. The third-order valence-electron chi connectivity index (χ3n) is 10.6. The van der Waals surface area contributed by atoms with Crippen LogP contribution in [-0.4, -0.2) is 0 Å². The van der Waals surface area contributed by atoms with Gasteiger partial charge in [-0.25, -0.2) is 0 Å². The maximum Gasteiger partial charge on any atom is 0.0225 e. The highest BCUT2D eigenvalue weighted by Gasteiger charge is 2.44. The SMILES string of the molecule is CC12C=CC=CC1=C(c1ccc3cccc(-c4cc(-c5ccccc5)cc(-c5ccccc5)c4)c3c1)c1ccccc1C2c1cccc(S)c1. The van der Waals surface area contributed by atoms with Crippen LogP contribution in [0, 0.1) is 5.41 Å². The van der Waals surface area contributed by atoms with Crippen LogP contribution in [0.4, 0.5) is 0 Å². The van der Waals surface area contributed by atoms with E-state index >= 15 is 0 Å². The Morgan fingerprint density at radius 2 is 1.16 bits per heavy atom. The lowest BCUT2D eigenvalue weighted by atomic mass is 9.58. The van der Waals surface area contributed by atoms with Gasteiger partial charge in [-0.3, -0.25) is 0 Å². The fourth-order valence-electron chi connectivity index (χ4n) is 8.32. The Kier molecular flexibility index (Phi) is 7.52. The molecule has 1 heteroatoms. The molecule has 0 spiro atoms. The molecule has 7 aromatic carbocycles. The summed E-state index contributed by atoms with van der Waals surface area (Å²) in [5.74, 6) is 0.166. The number of hydrogen-bond donors (Lipinski definition) is 1. The molecule has 0 nitrogen and oxygen atoms in total. The number of benzene rings is 7. The van der Waals surface area contributed by atoms with Gasteiger partial charge in [0.2, 0.25) is 0 Å². The van der Waals surface area contributed by atoms with Crippen LogP contribution >= 0.6 is 12.6 Å². The summed E-state index contributed by atoms with van der Waals surface area (Å²) in [6.07, 6.45) is 9.16. The number of hydrogen-bond acceptors (Lipinski definition) is 1. The normalized spacial score (nSPS) is 17.8. The summed E-state index contributed by atoms with van der Waals surface area (Å²) < 4.78 is 0. The number of rotatable bonds is 5. The molecule has 0 saturated heterocycles. The second kappa shape index (κ2) is 12.4. The molecule has 0 fully saturated rings. The van der Waals surface area contributed by atoms with Crippen LogP contribution in [0.2, 0.25) is 0 Å². The van der Waals surface area contributed by atoms with Crippen LogP contribution in [0.3, 0.4) is 0 Å². The zero-order valence-corrected chi connectivity index (χ0v) is 28.8. The van der Waals surface area contributed by atoms with E-state index in [0.717, 1.165) is 4.90 Å². The molecular weight excluding hydrogens is 621 g/mol. The smallest absolute Gasteiger partial charge is 0.0225 e. The zero-order chi connectivity index (χ0) is 33.7. The highest BCUT2D eigenvalue weighted by molar-refractivity contribution is 7.80. The van der Waals surface area contributed by atoms with Gasteiger partial charge in [0, 0.05) is 16.2 Å². The maximum absolute atomic E-state index is 4.75. The summed E-state index contributed by atoms with van der Waals surface area (Å²) in [5.41, 5.74) is 14.9. The Hall–Kier alpha value is -5.63. The number of thiol groups is 1. The summed E-state index contributed by atoms with van der Waals surface area (Å²) in [5, 5.41) is 2.49. The molecule has 0 heterocycles. The van der Waals surface area contributed by atoms with E-state index in [4.69, 9.17) is 12.6 Å². The van der Waals surface area contributed by atoms with Crippen molar-refractivity contribution in [3.63, 3.8) is 0 Å². The van der Waals surface area contributed by atoms with Crippen molar-refractivity contribution in [2.45, 2.75) is 17.7 Å². The average Bonchev–Trinajstić information content (AvgIpc) is 3.17. The first-order valence-electron chi connectivity index (χ1n) is 17.4. The van der Waals surface area contributed by atoms with Gasteiger partial charge >= 0.3 is 0 Å². The molecule has 0 bridgehead atoms. The predicted octanol–water partition coefficient (Wildman–Crippen LogP) is 13.2. The molecule has 238 valence electrons.